The smallest absolute Gasteiger partial charge is 0.131 e. The maximum Gasteiger partial charge on any atom is 0.131 e. The second kappa shape index (κ2) is 5.81. The van der Waals surface area contributed by atoms with E-state index in [0.29, 0.717) is 22.9 Å². The van der Waals surface area contributed by atoms with Crippen molar-refractivity contribution in [2.45, 2.75) is 19.4 Å². The highest BCUT2D eigenvalue weighted by molar-refractivity contribution is 6.30. The summed E-state index contributed by atoms with van der Waals surface area (Å²) in [6.07, 6.45) is 0.432. The average Bonchev–Trinajstić information content (AvgIpc) is 2.65. The van der Waals surface area contributed by atoms with E-state index >= 15 is 0 Å². The van der Waals surface area contributed by atoms with Crippen molar-refractivity contribution < 1.29 is 9.13 Å². The zero-order valence-electron chi connectivity index (χ0n) is 11.7. The number of aryl methyl sites for hydroxylation is 2. The number of rotatable bonds is 4. The molecule has 0 radical (unpaired) electrons. The van der Waals surface area contributed by atoms with Gasteiger partial charge in [0.1, 0.15) is 16.7 Å². The summed E-state index contributed by atoms with van der Waals surface area (Å²) in [5.74, 6) is 0.0866. The minimum atomic E-state index is -0.485. The Kier molecular flexibility index (Phi) is 4.30. The SMILES string of the molecule is COc1ccc(C(N)Cc2c(C)nn(C)c2Cl)c(F)c1. The first-order chi connectivity index (χ1) is 9.43. The Bertz CT molecular complexity index is 627. The number of ether oxygens (including phenoxy) is 1. The molecule has 0 amide bonds. The molecule has 0 aliphatic rings. The van der Waals surface area contributed by atoms with Crippen molar-refractivity contribution in [3.63, 3.8) is 0 Å². The molecule has 0 spiro atoms. The molecule has 0 fully saturated rings. The average molecular weight is 298 g/mol. The number of aromatic nitrogens is 2. The third-order valence-corrected chi connectivity index (χ3v) is 3.77. The second-order valence-electron chi connectivity index (χ2n) is 4.68. The Morgan fingerprint density at radius 3 is 2.70 bits per heavy atom. The van der Waals surface area contributed by atoms with Gasteiger partial charge >= 0.3 is 0 Å². The molecule has 2 N–H and O–H groups in total. The zero-order chi connectivity index (χ0) is 14.9. The van der Waals surface area contributed by atoms with Crippen LogP contribution in [0.4, 0.5) is 4.39 Å². The third-order valence-electron chi connectivity index (χ3n) is 3.30. The molecule has 2 rings (SSSR count). The summed E-state index contributed by atoms with van der Waals surface area (Å²) in [6.45, 7) is 1.86. The molecule has 1 unspecified atom stereocenters. The molecular weight excluding hydrogens is 281 g/mol. The molecule has 0 bridgehead atoms. The Labute approximate surface area is 122 Å². The zero-order valence-corrected chi connectivity index (χ0v) is 12.4. The van der Waals surface area contributed by atoms with E-state index in [9.17, 15) is 4.39 Å². The van der Waals surface area contributed by atoms with E-state index in [1.807, 2.05) is 6.92 Å². The number of nitrogens with zero attached hydrogens (tertiary/aromatic N) is 2. The molecule has 0 aliphatic heterocycles. The van der Waals surface area contributed by atoms with Crippen LogP contribution in [0.3, 0.4) is 0 Å². The fourth-order valence-corrected chi connectivity index (χ4v) is 2.42. The van der Waals surface area contributed by atoms with Gasteiger partial charge in [0.25, 0.3) is 0 Å². The molecule has 0 saturated carbocycles. The first kappa shape index (κ1) is 14.8. The van der Waals surface area contributed by atoms with Crippen LogP contribution in [-0.4, -0.2) is 16.9 Å². The molecule has 1 atom stereocenters. The topological polar surface area (TPSA) is 53.1 Å². The van der Waals surface area contributed by atoms with Crippen LogP contribution < -0.4 is 10.5 Å². The molecular formula is C14H17ClFN3O. The highest BCUT2D eigenvalue weighted by Crippen LogP contribution is 2.27. The van der Waals surface area contributed by atoms with Crippen LogP contribution in [0.15, 0.2) is 18.2 Å². The summed E-state index contributed by atoms with van der Waals surface area (Å²) < 4.78 is 20.5. The van der Waals surface area contributed by atoms with Crippen molar-refractivity contribution in [2.24, 2.45) is 12.8 Å². The molecule has 20 heavy (non-hydrogen) atoms. The van der Waals surface area contributed by atoms with E-state index in [1.54, 1.807) is 23.9 Å². The number of benzene rings is 1. The maximum atomic E-state index is 14.0. The minimum Gasteiger partial charge on any atom is -0.497 e. The molecule has 1 aromatic heterocycles. The van der Waals surface area contributed by atoms with Crippen LogP contribution in [0.1, 0.15) is 22.9 Å². The van der Waals surface area contributed by atoms with E-state index in [0.717, 1.165) is 11.3 Å². The van der Waals surface area contributed by atoms with Gasteiger partial charge in [-0.25, -0.2) is 4.39 Å². The lowest BCUT2D eigenvalue weighted by Gasteiger charge is -2.14. The van der Waals surface area contributed by atoms with Gasteiger partial charge < -0.3 is 10.5 Å². The first-order valence-electron chi connectivity index (χ1n) is 6.21. The van der Waals surface area contributed by atoms with Crippen molar-refractivity contribution in [3.8, 4) is 5.75 Å². The third kappa shape index (κ3) is 2.78. The van der Waals surface area contributed by atoms with Crippen molar-refractivity contribution in [1.29, 1.82) is 0 Å². The number of hydrogen-bond donors (Lipinski definition) is 1. The predicted octanol–water partition coefficient (Wildman–Crippen LogP) is 2.77. The molecule has 4 nitrogen and oxygen atoms in total. The largest absolute Gasteiger partial charge is 0.497 e. The summed E-state index contributed by atoms with van der Waals surface area (Å²) in [6, 6.07) is 4.17. The highest BCUT2D eigenvalue weighted by atomic mass is 35.5. The van der Waals surface area contributed by atoms with Gasteiger partial charge in [0.2, 0.25) is 0 Å². The van der Waals surface area contributed by atoms with E-state index in [2.05, 4.69) is 5.10 Å². The molecule has 0 saturated heterocycles. The Balaban J connectivity index is 2.26. The van der Waals surface area contributed by atoms with Gasteiger partial charge in [-0.05, 0) is 19.4 Å². The molecule has 0 aliphatic carbocycles. The lowest BCUT2D eigenvalue weighted by Crippen LogP contribution is -2.15. The summed E-state index contributed by atoms with van der Waals surface area (Å²) in [5, 5.41) is 4.76. The second-order valence-corrected chi connectivity index (χ2v) is 5.03. The molecule has 1 aromatic carbocycles. The number of nitrogens with two attached hydrogens (primary N) is 1. The monoisotopic (exact) mass is 297 g/mol. The molecule has 6 heteroatoms. The Hall–Kier alpha value is -1.59. The maximum absolute atomic E-state index is 14.0. The fraction of sp³-hybridized carbons (Fsp3) is 0.357. The van der Waals surface area contributed by atoms with E-state index in [1.165, 1.54) is 13.2 Å². The van der Waals surface area contributed by atoms with Gasteiger partial charge in [-0.15, -0.1) is 0 Å². The molecule has 2 aromatic rings. The number of halogens is 2. The van der Waals surface area contributed by atoms with Gasteiger partial charge in [0.05, 0.1) is 12.8 Å². The summed E-state index contributed by atoms with van der Waals surface area (Å²) in [7, 11) is 3.26. The number of methoxy groups -OCH3 is 1. The Morgan fingerprint density at radius 1 is 1.50 bits per heavy atom. The molecule has 108 valence electrons. The van der Waals surface area contributed by atoms with Crippen LogP contribution in [0, 0.1) is 12.7 Å². The quantitative estimate of drug-likeness (QED) is 0.944. The van der Waals surface area contributed by atoms with Gasteiger partial charge in [-0.1, -0.05) is 17.7 Å². The van der Waals surface area contributed by atoms with Gasteiger partial charge in [-0.2, -0.15) is 5.10 Å². The van der Waals surface area contributed by atoms with E-state index in [4.69, 9.17) is 22.1 Å². The first-order valence-corrected chi connectivity index (χ1v) is 6.58. The van der Waals surface area contributed by atoms with E-state index < -0.39 is 6.04 Å². The van der Waals surface area contributed by atoms with E-state index in [-0.39, 0.29) is 5.82 Å². The van der Waals surface area contributed by atoms with Crippen LogP contribution in [0.2, 0.25) is 5.15 Å². The fourth-order valence-electron chi connectivity index (χ4n) is 2.17. The molecule has 1 heterocycles. The Morgan fingerprint density at radius 2 is 2.20 bits per heavy atom. The van der Waals surface area contributed by atoms with Crippen molar-refractivity contribution in [2.75, 3.05) is 7.11 Å². The summed E-state index contributed by atoms with van der Waals surface area (Å²) in [5.41, 5.74) is 8.18. The van der Waals surface area contributed by atoms with Gasteiger partial charge in [0, 0.05) is 30.3 Å². The van der Waals surface area contributed by atoms with Crippen LogP contribution in [-0.2, 0) is 13.5 Å². The van der Waals surface area contributed by atoms with Crippen molar-refractivity contribution in [1.82, 2.24) is 9.78 Å². The van der Waals surface area contributed by atoms with Crippen LogP contribution in [0.5, 0.6) is 5.75 Å². The summed E-state index contributed by atoms with van der Waals surface area (Å²) in [4.78, 5) is 0. The van der Waals surface area contributed by atoms with Crippen LogP contribution >= 0.6 is 11.6 Å². The normalized spacial score (nSPS) is 12.5. The van der Waals surface area contributed by atoms with Gasteiger partial charge in [-0.3, -0.25) is 4.68 Å². The van der Waals surface area contributed by atoms with Crippen molar-refractivity contribution in [3.05, 3.63) is 46.0 Å². The lowest BCUT2D eigenvalue weighted by molar-refractivity contribution is 0.410. The number of hydrogen-bond acceptors (Lipinski definition) is 3. The minimum absolute atomic E-state index is 0.380. The summed E-state index contributed by atoms with van der Waals surface area (Å²) >= 11 is 6.16. The highest BCUT2D eigenvalue weighted by Gasteiger charge is 2.18. The predicted molar refractivity (Wildman–Crippen MR) is 76.5 cm³/mol. The van der Waals surface area contributed by atoms with Crippen LogP contribution in [0.25, 0.3) is 0 Å². The van der Waals surface area contributed by atoms with Gasteiger partial charge in [0.15, 0.2) is 0 Å². The van der Waals surface area contributed by atoms with Crippen molar-refractivity contribution >= 4 is 11.6 Å². The lowest BCUT2D eigenvalue weighted by atomic mass is 9.99. The standard InChI is InChI=1S/C14H17ClFN3O/c1-8-11(14(15)19(2)18-8)7-13(17)10-5-4-9(20-3)6-12(10)16/h4-6,13H,7,17H2,1-3H3.